The van der Waals surface area contributed by atoms with Gasteiger partial charge >= 0.3 is 0 Å². The molecule has 2 atom stereocenters. The molecule has 0 aliphatic heterocycles. The van der Waals surface area contributed by atoms with Crippen LogP contribution in [0.4, 0.5) is 0 Å². The number of rotatable bonds is 1. The normalized spacial score (nSPS) is 43.5. The van der Waals surface area contributed by atoms with Crippen LogP contribution in [0.1, 0.15) is 46.0 Å². The van der Waals surface area contributed by atoms with E-state index >= 15 is 0 Å². The van der Waals surface area contributed by atoms with Gasteiger partial charge < -0.3 is 4.84 Å². The number of nitrogens with zero attached hydrogens (tertiary/aromatic N) is 1. The summed E-state index contributed by atoms with van der Waals surface area (Å²) in [6.07, 6.45) is 6.54. The first-order valence-corrected chi connectivity index (χ1v) is 5.23. The second-order valence-electron chi connectivity index (χ2n) is 5.10. The van der Waals surface area contributed by atoms with E-state index in [-0.39, 0.29) is 0 Å². The van der Waals surface area contributed by atoms with Crippen molar-refractivity contribution in [2.45, 2.75) is 46.0 Å². The van der Waals surface area contributed by atoms with Gasteiger partial charge in [-0.15, -0.1) is 0 Å². The molecule has 0 amide bonds. The summed E-state index contributed by atoms with van der Waals surface area (Å²) < 4.78 is 0. The number of hydrogen-bond acceptors (Lipinski definition) is 2. The van der Waals surface area contributed by atoms with Gasteiger partial charge in [-0.25, -0.2) is 0 Å². The van der Waals surface area contributed by atoms with Crippen LogP contribution in [0, 0.1) is 10.8 Å². The summed E-state index contributed by atoms with van der Waals surface area (Å²) in [5, 5.41) is 4.27. The van der Waals surface area contributed by atoms with Crippen LogP contribution in [-0.2, 0) is 4.84 Å². The van der Waals surface area contributed by atoms with Crippen molar-refractivity contribution in [2.75, 3.05) is 7.11 Å². The average molecular weight is 181 g/mol. The predicted molar refractivity (Wildman–Crippen MR) is 53.7 cm³/mol. The molecule has 0 saturated heterocycles. The second-order valence-corrected chi connectivity index (χ2v) is 5.10. The molecule has 2 rings (SSSR count). The smallest absolute Gasteiger partial charge is 0.106 e. The van der Waals surface area contributed by atoms with Crippen molar-refractivity contribution < 1.29 is 4.84 Å². The molecule has 2 saturated carbocycles. The molecule has 0 aromatic rings. The zero-order valence-electron chi connectivity index (χ0n) is 8.89. The zero-order chi connectivity index (χ0) is 9.53. The fourth-order valence-electron chi connectivity index (χ4n) is 3.18. The van der Waals surface area contributed by atoms with Crippen molar-refractivity contribution in [3.63, 3.8) is 0 Å². The molecule has 0 N–H and O–H groups in total. The highest BCUT2D eigenvalue weighted by molar-refractivity contribution is 5.97. The molecule has 0 spiro atoms. The molecule has 2 aliphatic carbocycles. The molecule has 2 aliphatic rings. The third-order valence-electron chi connectivity index (χ3n) is 4.01. The molecule has 0 heterocycles. The van der Waals surface area contributed by atoms with Crippen LogP contribution in [0.3, 0.4) is 0 Å². The predicted octanol–water partition coefficient (Wildman–Crippen LogP) is 2.98. The zero-order valence-corrected chi connectivity index (χ0v) is 8.89. The molecular formula is C11H19NO. The van der Waals surface area contributed by atoms with Crippen molar-refractivity contribution in [3.05, 3.63) is 0 Å². The van der Waals surface area contributed by atoms with Gasteiger partial charge in [0, 0.05) is 10.8 Å². The Hall–Kier alpha value is -0.530. The van der Waals surface area contributed by atoms with Gasteiger partial charge in [-0.3, -0.25) is 0 Å². The Labute approximate surface area is 80.3 Å². The molecule has 13 heavy (non-hydrogen) atoms. The van der Waals surface area contributed by atoms with Crippen LogP contribution in [0.2, 0.25) is 0 Å². The minimum atomic E-state index is 0.350. The van der Waals surface area contributed by atoms with Gasteiger partial charge in [0.15, 0.2) is 0 Å². The van der Waals surface area contributed by atoms with Gasteiger partial charge in [0.25, 0.3) is 0 Å². The maximum Gasteiger partial charge on any atom is 0.106 e. The summed E-state index contributed by atoms with van der Waals surface area (Å²) in [5.41, 5.74) is 2.03. The number of hydrogen-bond donors (Lipinski definition) is 0. The van der Waals surface area contributed by atoms with Crippen molar-refractivity contribution >= 4 is 5.71 Å². The van der Waals surface area contributed by atoms with Crippen molar-refractivity contribution in [1.29, 1.82) is 0 Å². The minimum absolute atomic E-state index is 0.350. The summed E-state index contributed by atoms with van der Waals surface area (Å²) in [6, 6.07) is 0. The van der Waals surface area contributed by atoms with E-state index in [2.05, 4.69) is 19.0 Å². The lowest BCUT2D eigenvalue weighted by Crippen LogP contribution is -2.36. The van der Waals surface area contributed by atoms with E-state index in [9.17, 15) is 0 Å². The van der Waals surface area contributed by atoms with Crippen molar-refractivity contribution in [2.24, 2.45) is 16.0 Å². The maximum absolute atomic E-state index is 4.98. The third-order valence-corrected chi connectivity index (χ3v) is 4.01. The van der Waals surface area contributed by atoms with Crippen LogP contribution in [-0.4, -0.2) is 12.8 Å². The van der Waals surface area contributed by atoms with Crippen molar-refractivity contribution in [3.8, 4) is 0 Å². The summed E-state index contributed by atoms with van der Waals surface area (Å²) in [6.45, 7) is 4.69. The van der Waals surface area contributed by atoms with E-state index in [1.54, 1.807) is 7.11 Å². The van der Waals surface area contributed by atoms with E-state index in [1.807, 2.05) is 0 Å². The van der Waals surface area contributed by atoms with Gasteiger partial charge in [-0.2, -0.15) is 0 Å². The topological polar surface area (TPSA) is 21.6 Å². The van der Waals surface area contributed by atoms with E-state index in [0.29, 0.717) is 10.8 Å². The highest BCUT2D eigenvalue weighted by Crippen LogP contribution is 2.55. The Morgan fingerprint density at radius 2 is 1.62 bits per heavy atom. The molecule has 0 aromatic heterocycles. The largest absolute Gasteiger partial charge is 0.399 e. The summed E-state index contributed by atoms with van der Waals surface area (Å²) >= 11 is 0. The molecule has 2 fully saturated rings. The Morgan fingerprint density at radius 1 is 1.08 bits per heavy atom. The fourth-order valence-corrected chi connectivity index (χ4v) is 3.18. The molecule has 0 aromatic carbocycles. The van der Waals surface area contributed by atoms with Gasteiger partial charge in [-0.05, 0) is 25.7 Å². The third kappa shape index (κ3) is 1.18. The van der Waals surface area contributed by atoms with Crippen LogP contribution in [0.25, 0.3) is 0 Å². The fraction of sp³-hybridized carbons (Fsp3) is 0.909. The van der Waals surface area contributed by atoms with Gasteiger partial charge in [-0.1, -0.05) is 25.4 Å². The first kappa shape index (κ1) is 9.04. The molecular weight excluding hydrogens is 162 g/mol. The highest BCUT2D eigenvalue weighted by atomic mass is 16.6. The second kappa shape index (κ2) is 2.73. The summed E-state index contributed by atoms with van der Waals surface area (Å²) in [4.78, 5) is 4.98. The SMILES string of the molecule is CON=C1C2(C)CCCC1(C)CC2. The number of oxime groups is 1. The Kier molecular flexibility index (Phi) is 1.90. The average Bonchev–Trinajstić information content (AvgIpc) is 2.26. The first-order valence-electron chi connectivity index (χ1n) is 5.23. The Bertz CT molecular complexity index is 228. The molecule has 74 valence electrons. The lowest BCUT2D eigenvalue weighted by Gasteiger charge is -2.36. The first-order chi connectivity index (χ1) is 6.11. The van der Waals surface area contributed by atoms with Gasteiger partial charge in [0.05, 0.1) is 5.71 Å². The van der Waals surface area contributed by atoms with E-state index in [0.717, 1.165) is 0 Å². The van der Waals surface area contributed by atoms with E-state index in [4.69, 9.17) is 4.84 Å². The number of fused-ring (bicyclic) bond motifs is 2. The molecule has 2 bridgehead atoms. The van der Waals surface area contributed by atoms with Crippen LogP contribution >= 0.6 is 0 Å². The monoisotopic (exact) mass is 181 g/mol. The maximum atomic E-state index is 4.98. The molecule has 2 heteroatoms. The molecule has 0 radical (unpaired) electrons. The van der Waals surface area contributed by atoms with Gasteiger partial charge in [0.2, 0.25) is 0 Å². The Balaban J connectivity index is 2.37. The van der Waals surface area contributed by atoms with Gasteiger partial charge in [0.1, 0.15) is 7.11 Å². The summed E-state index contributed by atoms with van der Waals surface area (Å²) in [5.74, 6) is 0. The van der Waals surface area contributed by atoms with Crippen LogP contribution < -0.4 is 0 Å². The quantitative estimate of drug-likeness (QED) is 0.570. The van der Waals surface area contributed by atoms with E-state index in [1.165, 1.54) is 37.8 Å². The van der Waals surface area contributed by atoms with Crippen LogP contribution in [0.5, 0.6) is 0 Å². The van der Waals surface area contributed by atoms with Crippen LogP contribution in [0.15, 0.2) is 5.16 Å². The minimum Gasteiger partial charge on any atom is -0.399 e. The molecule has 2 unspecified atom stereocenters. The standard InChI is InChI=1S/C11H19NO/c1-10-5-4-6-11(2,8-7-10)9(10)12-13-3/h4-8H2,1-3H3. The van der Waals surface area contributed by atoms with E-state index < -0.39 is 0 Å². The summed E-state index contributed by atoms with van der Waals surface area (Å²) in [7, 11) is 1.66. The highest BCUT2D eigenvalue weighted by Gasteiger charge is 2.52. The van der Waals surface area contributed by atoms with Crippen molar-refractivity contribution in [1.82, 2.24) is 0 Å². The molecule has 2 nitrogen and oxygen atoms in total. The lowest BCUT2D eigenvalue weighted by atomic mass is 9.69. The Morgan fingerprint density at radius 3 is 2.08 bits per heavy atom. The lowest BCUT2D eigenvalue weighted by molar-refractivity contribution is 0.198.